The average Bonchev–Trinajstić information content (AvgIpc) is 3.03. The Bertz CT molecular complexity index is 813. The van der Waals surface area contributed by atoms with Gasteiger partial charge in [-0.1, -0.05) is 0 Å². The van der Waals surface area contributed by atoms with Crippen molar-refractivity contribution in [3.05, 3.63) is 23.2 Å². The second-order valence-electron chi connectivity index (χ2n) is 6.28. The van der Waals surface area contributed by atoms with Crippen molar-refractivity contribution >= 4 is 29.3 Å². The summed E-state index contributed by atoms with van der Waals surface area (Å²) >= 11 is 1.18. The van der Waals surface area contributed by atoms with E-state index >= 15 is 0 Å². The second kappa shape index (κ2) is 7.69. The largest absolute Gasteiger partial charge is 0.495 e. The summed E-state index contributed by atoms with van der Waals surface area (Å²) in [7, 11) is 4.31. The maximum atomic E-state index is 12.2. The lowest BCUT2D eigenvalue weighted by molar-refractivity contribution is 0.0582. The molecule has 0 aliphatic carbocycles. The van der Waals surface area contributed by atoms with Crippen LogP contribution in [0.5, 0.6) is 5.75 Å². The topological polar surface area (TPSA) is 90.9 Å². The Labute approximate surface area is 155 Å². The molecular weight excluding hydrogens is 358 g/mol. The molecule has 2 aromatic rings. The minimum Gasteiger partial charge on any atom is -0.495 e. The second-order valence-corrected chi connectivity index (χ2v) is 7.33. The van der Waals surface area contributed by atoms with Crippen molar-refractivity contribution in [2.24, 2.45) is 0 Å². The molecule has 0 N–H and O–H groups in total. The van der Waals surface area contributed by atoms with Gasteiger partial charge in [0.05, 0.1) is 24.8 Å². The Kier molecular flexibility index (Phi) is 5.81. The van der Waals surface area contributed by atoms with E-state index in [-0.39, 0.29) is 5.95 Å². The van der Waals surface area contributed by atoms with E-state index < -0.39 is 17.7 Å². The molecule has 0 aromatic carbocycles. The van der Waals surface area contributed by atoms with E-state index in [0.717, 1.165) is 0 Å². The number of thiophene rings is 1. The van der Waals surface area contributed by atoms with Gasteiger partial charge in [0.15, 0.2) is 4.88 Å². The Morgan fingerprint density at radius 1 is 1.23 bits per heavy atom. The Morgan fingerprint density at radius 2 is 1.92 bits per heavy atom. The lowest BCUT2D eigenvalue weighted by atomic mass is 10.2. The monoisotopic (exact) mass is 379 g/mol. The van der Waals surface area contributed by atoms with Crippen molar-refractivity contribution in [1.29, 1.82) is 0 Å². The summed E-state index contributed by atoms with van der Waals surface area (Å²) in [5.41, 5.74) is -0.0803. The molecular formula is C17H21N3O5S. The van der Waals surface area contributed by atoms with Crippen LogP contribution in [0.1, 0.15) is 30.4 Å². The Balaban J connectivity index is 2.33. The summed E-state index contributed by atoms with van der Waals surface area (Å²) in [5.74, 6) is 0.0968. The van der Waals surface area contributed by atoms with Crippen molar-refractivity contribution in [3.8, 4) is 16.3 Å². The van der Waals surface area contributed by atoms with E-state index in [1.54, 1.807) is 32.9 Å². The molecule has 0 saturated carbocycles. The highest BCUT2D eigenvalue weighted by Crippen LogP contribution is 2.36. The van der Waals surface area contributed by atoms with E-state index in [2.05, 4.69) is 9.97 Å². The van der Waals surface area contributed by atoms with Gasteiger partial charge in [-0.15, -0.1) is 11.3 Å². The van der Waals surface area contributed by atoms with Crippen molar-refractivity contribution in [1.82, 2.24) is 9.97 Å². The fraction of sp³-hybridized carbons (Fsp3) is 0.412. The summed E-state index contributed by atoms with van der Waals surface area (Å²) in [6.45, 7) is 5.34. The number of nitrogens with zero attached hydrogens (tertiary/aromatic N) is 3. The van der Waals surface area contributed by atoms with E-state index in [9.17, 15) is 9.59 Å². The van der Waals surface area contributed by atoms with E-state index in [1.165, 1.54) is 43.7 Å². The van der Waals surface area contributed by atoms with Gasteiger partial charge in [-0.25, -0.2) is 24.5 Å². The van der Waals surface area contributed by atoms with Crippen LogP contribution in [0.3, 0.4) is 0 Å². The van der Waals surface area contributed by atoms with Crippen LogP contribution in [0, 0.1) is 0 Å². The van der Waals surface area contributed by atoms with Crippen LogP contribution in [-0.2, 0) is 9.47 Å². The van der Waals surface area contributed by atoms with Crippen LogP contribution in [0.2, 0.25) is 0 Å². The van der Waals surface area contributed by atoms with Crippen LogP contribution in [0.4, 0.5) is 10.7 Å². The molecule has 0 atom stereocenters. The first-order valence-electron chi connectivity index (χ1n) is 7.72. The maximum Gasteiger partial charge on any atom is 0.416 e. The van der Waals surface area contributed by atoms with Gasteiger partial charge in [0.25, 0.3) is 0 Å². The predicted octanol–water partition coefficient (Wildman–Crippen LogP) is 3.37. The third-order valence-corrected chi connectivity index (χ3v) is 4.27. The van der Waals surface area contributed by atoms with Gasteiger partial charge < -0.3 is 14.2 Å². The molecule has 1 amide bonds. The van der Waals surface area contributed by atoms with E-state index in [1.807, 2.05) is 0 Å². The molecule has 0 saturated heterocycles. The smallest absolute Gasteiger partial charge is 0.416 e. The lowest BCUT2D eigenvalue weighted by Crippen LogP contribution is -2.35. The zero-order valence-electron chi connectivity index (χ0n) is 15.5. The molecule has 0 radical (unpaired) electrons. The Hall–Kier alpha value is -2.68. The lowest BCUT2D eigenvalue weighted by Gasteiger charge is -2.23. The van der Waals surface area contributed by atoms with Gasteiger partial charge in [-0.05, 0) is 26.8 Å². The van der Waals surface area contributed by atoms with Gasteiger partial charge in [-0.3, -0.25) is 0 Å². The SMILES string of the molecule is COC(=O)c1sc(-c2ccnc(N(C)C(=O)OC(C)(C)C)n2)cc1OC. The number of anilines is 1. The Morgan fingerprint density at radius 3 is 2.50 bits per heavy atom. The number of aromatic nitrogens is 2. The predicted molar refractivity (Wildman–Crippen MR) is 97.9 cm³/mol. The van der Waals surface area contributed by atoms with Crippen LogP contribution in [0.15, 0.2) is 18.3 Å². The standard InChI is InChI=1S/C17H21N3O5S/c1-17(2,3)25-16(22)20(4)15-18-8-7-10(19-15)12-9-11(23-5)13(26-12)14(21)24-6/h7-9H,1-6H3. The number of rotatable bonds is 4. The molecule has 140 valence electrons. The number of carbonyl (C=O) groups excluding carboxylic acids is 2. The van der Waals surface area contributed by atoms with E-state index in [4.69, 9.17) is 14.2 Å². The molecule has 2 heterocycles. The molecule has 2 aromatic heterocycles. The fourth-order valence-corrected chi connectivity index (χ4v) is 2.96. The number of esters is 1. The molecule has 0 bridgehead atoms. The number of hydrogen-bond donors (Lipinski definition) is 0. The molecule has 2 rings (SSSR count). The first kappa shape index (κ1) is 19.6. The van der Waals surface area contributed by atoms with Crippen molar-refractivity contribution in [2.45, 2.75) is 26.4 Å². The van der Waals surface area contributed by atoms with Crippen molar-refractivity contribution in [2.75, 3.05) is 26.2 Å². The third kappa shape index (κ3) is 4.48. The number of ether oxygens (including phenoxy) is 3. The highest BCUT2D eigenvalue weighted by molar-refractivity contribution is 7.17. The van der Waals surface area contributed by atoms with Crippen LogP contribution in [-0.4, -0.2) is 48.9 Å². The summed E-state index contributed by atoms with van der Waals surface area (Å²) in [6, 6.07) is 3.37. The van der Waals surface area contributed by atoms with E-state index in [0.29, 0.717) is 21.2 Å². The molecule has 0 unspecified atom stereocenters. The third-order valence-electron chi connectivity index (χ3n) is 3.15. The summed E-state index contributed by atoms with van der Waals surface area (Å²) in [5, 5.41) is 0. The van der Waals surface area contributed by atoms with Crippen LogP contribution >= 0.6 is 11.3 Å². The fourth-order valence-electron chi connectivity index (χ4n) is 1.95. The number of amides is 1. The van der Waals surface area contributed by atoms with Gasteiger partial charge in [0, 0.05) is 19.3 Å². The minimum absolute atomic E-state index is 0.184. The number of hydrogen-bond acceptors (Lipinski definition) is 8. The minimum atomic E-state index is -0.626. The molecule has 0 aliphatic heterocycles. The highest BCUT2D eigenvalue weighted by Gasteiger charge is 2.23. The normalized spacial score (nSPS) is 11.0. The van der Waals surface area contributed by atoms with Crippen LogP contribution < -0.4 is 9.64 Å². The number of carbonyl (C=O) groups is 2. The first-order valence-corrected chi connectivity index (χ1v) is 8.54. The molecule has 8 nitrogen and oxygen atoms in total. The maximum absolute atomic E-state index is 12.2. The zero-order valence-corrected chi connectivity index (χ0v) is 16.3. The van der Waals surface area contributed by atoms with Crippen LogP contribution in [0.25, 0.3) is 10.6 Å². The average molecular weight is 379 g/mol. The van der Waals surface area contributed by atoms with Gasteiger partial charge in [-0.2, -0.15) is 0 Å². The first-order chi connectivity index (χ1) is 12.2. The van der Waals surface area contributed by atoms with Gasteiger partial charge in [0.1, 0.15) is 11.4 Å². The summed E-state index contributed by atoms with van der Waals surface area (Å²) in [4.78, 5) is 34.8. The molecule has 26 heavy (non-hydrogen) atoms. The molecule has 0 fully saturated rings. The molecule has 0 spiro atoms. The molecule has 0 aliphatic rings. The van der Waals surface area contributed by atoms with Crippen molar-refractivity contribution in [3.63, 3.8) is 0 Å². The highest BCUT2D eigenvalue weighted by atomic mass is 32.1. The zero-order chi connectivity index (χ0) is 19.5. The van der Waals surface area contributed by atoms with Gasteiger partial charge in [0.2, 0.25) is 5.95 Å². The molecule has 9 heteroatoms. The van der Waals surface area contributed by atoms with Gasteiger partial charge >= 0.3 is 12.1 Å². The summed E-state index contributed by atoms with van der Waals surface area (Å²) < 4.78 is 15.3. The number of methoxy groups -OCH3 is 2. The quantitative estimate of drug-likeness (QED) is 0.752. The summed E-state index contributed by atoms with van der Waals surface area (Å²) in [6.07, 6.45) is 0.969. The van der Waals surface area contributed by atoms with Crippen molar-refractivity contribution < 1.29 is 23.8 Å².